The molecule has 1 saturated heterocycles. The van der Waals surface area contributed by atoms with Crippen LogP contribution in [0.3, 0.4) is 0 Å². The second-order valence-electron chi connectivity index (χ2n) is 4.25. The third-order valence-corrected chi connectivity index (χ3v) is 2.83. The fourth-order valence-electron chi connectivity index (χ4n) is 1.76. The van der Waals surface area contributed by atoms with Gasteiger partial charge in [0.2, 0.25) is 18.1 Å². The molecule has 1 rings (SSSR count). The van der Waals surface area contributed by atoms with Gasteiger partial charge < -0.3 is 26.2 Å². The van der Waals surface area contributed by atoms with Crippen LogP contribution in [0.5, 0.6) is 0 Å². The molecule has 19 heavy (non-hydrogen) atoms. The van der Waals surface area contributed by atoms with Crippen LogP contribution in [0.25, 0.3) is 0 Å². The first-order valence-corrected chi connectivity index (χ1v) is 6.06. The van der Waals surface area contributed by atoms with Crippen LogP contribution >= 0.6 is 0 Å². The standard InChI is InChI=1S/C11H18N3O5/c15-4-7(5-16)13-11(19)9(6-17)14-10(18)8-2-1-3-12-8/h7-9,12,15,17H,1-4,6H2,(H,13,19)(H,14,18)/t7-,8-,9-/m0/s1. The predicted molar refractivity (Wildman–Crippen MR) is 64.8 cm³/mol. The Bertz CT molecular complexity index is 330. The Labute approximate surface area is 110 Å². The van der Waals surface area contributed by atoms with Crippen molar-refractivity contribution in [3.8, 4) is 0 Å². The molecule has 107 valence electrons. The van der Waals surface area contributed by atoms with E-state index in [1.807, 2.05) is 0 Å². The lowest BCUT2D eigenvalue weighted by atomic mass is 10.2. The number of aliphatic hydroxyl groups is 2. The highest BCUT2D eigenvalue weighted by molar-refractivity contribution is 5.91. The lowest BCUT2D eigenvalue weighted by Gasteiger charge is -2.19. The molecule has 0 saturated carbocycles. The van der Waals surface area contributed by atoms with E-state index in [4.69, 9.17) is 10.2 Å². The molecule has 0 aromatic heterocycles. The first kappa shape index (κ1) is 15.5. The predicted octanol–water partition coefficient (Wildman–Crippen LogP) is -3.20. The molecule has 5 N–H and O–H groups in total. The molecule has 3 atom stereocenters. The molecular formula is C11H18N3O5. The maximum absolute atomic E-state index is 11.8. The highest BCUT2D eigenvalue weighted by Crippen LogP contribution is 2.04. The monoisotopic (exact) mass is 272 g/mol. The minimum atomic E-state index is -1.16. The summed E-state index contributed by atoms with van der Waals surface area (Å²) in [6, 6.07) is -2.69. The van der Waals surface area contributed by atoms with Crippen LogP contribution in [-0.2, 0) is 14.4 Å². The maximum atomic E-state index is 11.8. The Balaban J connectivity index is 2.49. The third kappa shape index (κ3) is 4.58. The molecule has 0 unspecified atom stereocenters. The quantitative estimate of drug-likeness (QED) is 0.332. The number of carbonyl (C=O) groups is 2. The van der Waals surface area contributed by atoms with Gasteiger partial charge in [-0.05, 0) is 19.4 Å². The van der Waals surface area contributed by atoms with Gasteiger partial charge in [-0.25, -0.2) is 0 Å². The highest BCUT2D eigenvalue weighted by Gasteiger charge is 2.27. The number of amides is 2. The summed E-state index contributed by atoms with van der Waals surface area (Å²) in [5.41, 5.74) is 0. The third-order valence-electron chi connectivity index (χ3n) is 2.83. The fraction of sp³-hybridized carbons (Fsp3) is 0.727. The van der Waals surface area contributed by atoms with E-state index in [-0.39, 0.29) is 11.9 Å². The minimum Gasteiger partial charge on any atom is -0.394 e. The van der Waals surface area contributed by atoms with Crippen molar-refractivity contribution >= 4 is 18.1 Å². The normalized spacial score (nSPS) is 21.5. The lowest BCUT2D eigenvalue weighted by molar-refractivity contribution is -0.131. The second-order valence-corrected chi connectivity index (χ2v) is 4.25. The van der Waals surface area contributed by atoms with E-state index in [2.05, 4.69) is 16.0 Å². The minimum absolute atomic E-state index is 0.367. The zero-order chi connectivity index (χ0) is 14.3. The number of aliphatic hydroxyl groups excluding tert-OH is 2. The van der Waals surface area contributed by atoms with Crippen molar-refractivity contribution in [2.75, 3.05) is 19.8 Å². The van der Waals surface area contributed by atoms with Crippen LogP contribution in [0, 0.1) is 0 Å². The summed E-state index contributed by atoms with van der Waals surface area (Å²) in [6.07, 6.45) is 2.98. The average Bonchev–Trinajstić information content (AvgIpc) is 2.95. The van der Waals surface area contributed by atoms with Crippen LogP contribution in [0.4, 0.5) is 0 Å². The van der Waals surface area contributed by atoms with E-state index in [1.54, 1.807) is 0 Å². The number of hydrogen-bond donors (Lipinski definition) is 5. The average molecular weight is 272 g/mol. The van der Waals surface area contributed by atoms with E-state index >= 15 is 0 Å². The Morgan fingerprint density at radius 1 is 1.32 bits per heavy atom. The van der Waals surface area contributed by atoms with Gasteiger partial charge in [-0.2, -0.15) is 0 Å². The molecule has 0 aromatic rings. The molecule has 1 aliphatic heterocycles. The molecule has 1 aliphatic rings. The highest BCUT2D eigenvalue weighted by atomic mass is 16.3. The van der Waals surface area contributed by atoms with E-state index in [0.29, 0.717) is 6.42 Å². The number of nitrogens with one attached hydrogen (secondary N) is 3. The molecule has 1 radical (unpaired) electrons. The van der Waals surface area contributed by atoms with Crippen LogP contribution < -0.4 is 16.0 Å². The van der Waals surface area contributed by atoms with Gasteiger partial charge in [0.15, 0.2) is 0 Å². The van der Waals surface area contributed by atoms with Gasteiger partial charge in [0.1, 0.15) is 12.1 Å². The summed E-state index contributed by atoms with van der Waals surface area (Å²) in [6.45, 7) is -0.451. The summed E-state index contributed by atoms with van der Waals surface area (Å²) in [4.78, 5) is 33.8. The first-order chi connectivity index (χ1) is 9.12. The van der Waals surface area contributed by atoms with Crippen molar-refractivity contribution in [3.05, 3.63) is 0 Å². The lowest BCUT2D eigenvalue weighted by Crippen LogP contribution is -2.55. The number of rotatable bonds is 7. The van der Waals surface area contributed by atoms with Crippen molar-refractivity contribution in [3.63, 3.8) is 0 Å². The number of hydrogen-bond acceptors (Lipinski definition) is 6. The van der Waals surface area contributed by atoms with Gasteiger partial charge in [0.05, 0.1) is 19.3 Å². The van der Waals surface area contributed by atoms with Gasteiger partial charge in [-0.1, -0.05) is 0 Å². The Morgan fingerprint density at radius 2 is 2.05 bits per heavy atom. The SMILES string of the molecule is O=[C][C@H](CO)NC(=O)[C@H](CO)NC(=O)[C@@H]1CCCN1. The van der Waals surface area contributed by atoms with Crippen LogP contribution in [0.2, 0.25) is 0 Å². The zero-order valence-corrected chi connectivity index (χ0v) is 10.4. The molecule has 0 bridgehead atoms. The van der Waals surface area contributed by atoms with Crippen molar-refractivity contribution in [1.82, 2.24) is 16.0 Å². The molecule has 0 aromatic carbocycles. The van der Waals surface area contributed by atoms with E-state index in [0.717, 1.165) is 13.0 Å². The van der Waals surface area contributed by atoms with Crippen molar-refractivity contribution in [2.24, 2.45) is 0 Å². The fourth-order valence-corrected chi connectivity index (χ4v) is 1.76. The summed E-state index contributed by atoms with van der Waals surface area (Å²) >= 11 is 0. The van der Waals surface area contributed by atoms with Gasteiger partial charge in [-0.15, -0.1) is 0 Å². The van der Waals surface area contributed by atoms with Crippen LogP contribution in [0.15, 0.2) is 0 Å². The molecule has 0 spiro atoms. The molecule has 8 nitrogen and oxygen atoms in total. The Kier molecular flexibility index (Phi) is 6.40. The molecular weight excluding hydrogens is 254 g/mol. The van der Waals surface area contributed by atoms with Crippen molar-refractivity contribution < 1.29 is 24.6 Å². The van der Waals surface area contributed by atoms with Crippen molar-refractivity contribution in [2.45, 2.75) is 31.0 Å². The van der Waals surface area contributed by atoms with Crippen molar-refractivity contribution in [1.29, 1.82) is 0 Å². The van der Waals surface area contributed by atoms with Gasteiger partial charge >= 0.3 is 0 Å². The topological polar surface area (TPSA) is 128 Å². The summed E-state index contributed by atoms with van der Waals surface area (Å²) < 4.78 is 0. The van der Waals surface area contributed by atoms with Gasteiger partial charge in [0, 0.05) is 0 Å². The van der Waals surface area contributed by atoms with Gasteiger partial charge in [0.25, 0.3) is 0 Å². The Morgan fingerprint density at radius 3 is 2.53 bits per heavy atom. The number of carbonyl (C=O) groups excluding carboxylic acids is 3. The van der Waals surface area contributed by atoms with Crippen LogP contribution in [-0.4, -0.2) is 66.2 Å². The maximum Gasteiger partial charge on any atom is 0.245 e. The van der Waals surface area contributed by atoms with Gasteiger partial charge in [-0.3, -0.25) is 14.4 Å². The molecule has 1 heterocycles. The summed E-state index contributed by atoms with van der Waals surface area (Å²) in [5, 5.41) is 25.3. The largest absolute Gasteiger partial charge is 0.394 e. The molecule has 0 aliphatic carbocycles. The zero-order valence-electron chi connectivity index (χ0n) is 10.4. The molecule has 2 amide bonds. The summed E-state index contributed by atoms with van der Waals surface area (Å²) in [5.74, 6) is -1.11. The first-order valence-electron chi connectivity index (χ1n) is 6.06. The van der Waals surface area contributed by atoms with Crippen LogP contribution in [0.1, 0.15) is 12.8 Å². The molecule has 1 fully saturated rings. The summed E-state index contributed by atoms with van der Waals surface area (Å²) in [7, 11) is 0. The smallest absolute Gasteiger partial charge is 0.245 e. The second kappa shape index (κ2) is 7.82. The van der Waals surface area contributed by atoms with E-state index < -0.39 is 31.2 Å². The Hall–Kier alpha value is -1.51. The molecule has 8 heteroatoms. The van der Waals surface area contributed by atoms with E-state index in [9.17, 15) is 14.4 Å². The van der Waals surface area contributed by atoms with E-state index in [1.165, 1.54) is 6.29 Å².